The number of carbonyl (C=O) groups excluding carboxylic acids is 2. The van der Waals surface area contributed by atoms with Crippen LogP contribution in [0.15, 0.2) is 61.1 Å². The summed E-state index contributed by atoms with van der Waals surface area (Å²) in [7, 11) is 0. The molecule has 3 aromatic heterocycles. The standard InChI is InChI=1S/C24H17F5N6O4/c25-23(26)6-9-34(21(36)17-12-15(5-7-30-17)35-10-8-31-33-35)13-19(23)39-20-18(38-22(37)24(27,28)29)11-14-3-1-2-4-16(14)32-20/h1-5,7-8,10-12,19H,6,9,13H2/t19-/m0/s1. The molecule has 1 aliphatic heterocycles. The van der Waals surface area contributed by atoms with E-state index < -0.39 is 54.7 Å². The maximum Gasteiger partial charge on any atom is 0.491 e. The normalized spacial score (nSPS) is 17.2. The Kier molecular flexibility index (Phi) is 6.57. The molecule has 1 amide bonds. The number of alkyl halides is 5. The molecule has 0 spiro atoms. The maximum absolute atomic E-state index is 14.9. The molecule has 4 heterocycles. The molecule has 0 aliphatic carbocycles. The molecule has 4 aromatic rings. The number of carbonyl (C=O) groups is 2. The van der Waals surface area contributed by atoms with Crippen molar-refractivity contribution in [3.05, 3.63) is 66.7 Å². The molecule has 1 saturated heterocycles. The van der Waals surface area contributed by atoms with Gasteiger partial charge in [0.2, 0.25) is 0 Å². The fourth-order valence-corrected chi connectivity index (χ4v) is 3.89. The minimum absolute atomic E-state index is 0.0596. The average molecular weight is 548 g/mol. The lowest BCUT2D eigenvalue weighted by atomic mass is 10.0. The fraction of sp³-hybridized carbons (Fsp3) is 0.250. The number of nitrogens with zero attached hydrogens (tertiary/aromatic N) is 6. The molecule has 10 nitrogen and oxygen atoms in total. The highest BCUT2D eigenvalue weighted by molar-refractivity contribution is 5.93. The van der Waals surface area contributed by atoms with Crippen LogP contribution in [0, 0.1) is 0 Å². The molecule has 1 aliphatic rings. The van der Waals surface area contributed by atoms with Gasteiger partial charge in [-0.2, -0.15) is 13.2 Å². The van der Waals surface area contributed by atoms with Crippen molar-refractivity contribution >= 4 is 22.8 Å². The molecule has 1 aromatic carbocycles. The molecule has 1 fully saturated rings. The quantitative estimate of drug-likeness (QED) is 0.275. The van der Waals surface area contributed by atoms with Gasteiger partial charge in [0.05, 0.1) is 30.1 Å². The van der Waals surface area contributed by atoms with Gasteiger partial charge in [0.1, 0.15) is 5.69 Å². The number of halogens is 5. The first-order valence-corrected chi connectivity index (χ1v) is 11.4. The molecule has 0 saturated carbocycles. The van der Waals surface area contributed by atoms with Crippen molar-refractivity contribution in [1.82, 2.24) is 29.9 Å². The first-order valence-electron chi connectivity index (χ1n) is 11.4. The molecular formula is C24H17F5N6O4. The number of fused-ring (bicyclic) bond motifs is 1. The second-order valence-corrected chi connectivity index (χ2v) is 8.49. The van der Waals surface area contributed by atoms with Gasteiger partial charge >= 0.3 is 12.1 Å². The zero-order valence-electron chi connectivity index (χ0n) is 19.7. The van der Waals surface area contributed by atoms with Crippen molar-refractivity contribution in [3.8, 4) is 17.3 Å². The number of para-hydroxylation sites is 1. The molecule has 39 heavy (non-hydrogen) atoms. The van der Waals surface area contributed by atoms with E-state index in [1.165, 1.54) is 41.5 Å². The van der Waals surface area contributed by atoms with E-state index in [1.807, 2.05) is 0 Å². The number of rotatable bonds is 5. The number of esters is 1. The second-order valence-electron chi connectivity index (χ2n) is 8.49. The highest BCUT2D eigenvalue weighted by Gasteiger charge is 2.48. The number of pyridine rings is 2. The van der Waals surface area contributed by atoms with Gasteiger partial charge < -0.3 is 14.4 Å². The SMILES string of the molecule is O=C(c1cc(-n2ccnn2)ccn1)N1CCC(F)(F)[C@@H](Oc2nc3ccccc3cc2OC(=O)C(F)(F)F)C1. The summed E-state index contributed by atoms with van der Waals surface area (Å²) >= 11 is 0. The van der Waals surface area contributed by atoms with Crippen molar-refractivity contribution in [2.45, 2.75) is 24.6 Å². The molecule has 0 N–H and O–H groups in total. The van der Waals surface area contributed by atoms with Gasteiger partial charge in [-0.25, -0.2) is 23.2 Å². The lowest BCUT2D eigenvalue weighted by Crippen LogP contribution is -2.55. The zero-order valence-corrected chi connectivity index (χ0v) is 19.7. The van der Waals surface area contributed by atoms with Gasteiger partial charge in [0.25, 0.3) is 17.7 Å². The van der Waals surface area contributed by atoms with E-state index >= 15 is 0 Å². The topological polar surface area (TPSA) is 112 Å². The van der Waals surface area contributed by atoms with Crippen LogP contribution >= 0.6 is 0 Å². The Morgan fingerprint density at radius 1 is 1.08 bits per heavy atom. The van der Waals surface area contributed by atoms with Crippen LogP contribution in [0.3, 0.4) is 0 Å². The summed E-state index contributed by atoms with van der Waals surface area (Å²) in [6, 6.07) is 10.1. The summed E-state index contributed by atoms with van der Waals surface area (Å²) in [5, 5.41) is 7.79. The summed E-state index contributed by atoms with van der Waals surface area (Å²) in [6.07, 6.45) is -3.87. The summed E-state index contributed by atoms with van der Waals surface area (Å²) in [5.74, 6) is -8.30. The van der Waals surface area contributed by atoms with E-state index in [1.54, 1.807) is 18.2 Å². The third-order valence-electron chi connectivity index (χ3n) is 5.85. The van der Waals surface area contributed by atoms with E-state index in [9.17, 15) is 31.5 Å². The molecule has 15 heteroatoms. The summed E-state index contributed by atoms with van der Waals surface area (Å²) in [4.78, 5) is 33.7. The predicted octanol–water partition coefficient (Wildman–Crippen LogP) is 3.61. The van der Waals surface area contributed by atoms with E-state index in [4.69, 9.17) is 4.74 Å². The third kappa shape index (κ3) is 5.46. The van der Waals surface area contributed by atoms with Gasteiger partial charge in [-0.3, -0.25) is 9.78 Å². The monoisotopic (exact) mass is 548 g/mol. The third-order valence-corrected chi connectivity index (χ3v) is 5.85. The minimum atomic E-state index is -5.35. The molecule has 0 radical (unpaired) electrons. The van der Waals surface area contributed by atoms with Crippen LogP contribution in [0.4, 0.5) is 22.0 Å². The largest absolute Gasteiger partial charge is 0.491 e. The van der Waals surface area contributed by atoms with Crippen LogP contribution in [0.2, 0.25) is 0 Å². The highest BCUT2D eigenvalue weighted by atomic mass is 19.4. The van der Waals surface area contributed by atoms with Crippen molar-refractivity contribution < 1.29 is 41.0 Å². The van der Waals surface area contributed by atoms with E-state index in [2.05, 4.69) is 25.0 Å². The minimum Gasteiger partial charge on any atom is -0.463 e. The first kappa shape index (κ1) is 25.9. The van der Waals surface area contributed by atoms with Crippen molar-refractivity contribution in [2.24, 2.45) is 0 Å². The smallest absolute Gasteiger partial charge is 0.463 e. The van der Waals surface area contributed by atoms with Crippen molar-refractivity contribution in [1.29, 1.82) is 0 Å². The first-order chi connectivity index (χ1) is 18.5. The van der Waals surface area contributed by atoms with Gasteiger partial charge in [-0.1, -0.05) is 23.4 Å². The molecular weight excluding hydrogens is 531 g/mol. The number of amides is 1. The van der Waals surface area contributed by atoms with Crippen LogP contribution in [-0.4, -0.2) is 73.0 Å². The highest BCUT2D eigenvalue weighted by Crippen LogP contribution is 2.37. The van der Waals surface area contributed by atoms with Crippen molar-refractivity contribution in [3.63, 3.8) is 0 Å². The lowest BCUT2D eigenvalue weighted by molar-refractivity contribution is -0.190. The second kappa shape index (κ2) is 9.89. The Balaban J connectivity index is 1.42. The van der Waals surface area contributed by atoms with Crippen LogP contribution in [0.5, 0.6) is 11.6 Å². The Morgan fingerprint density at radius 2 is 1.87 bits per heavy atom. The summed E-state index contributed by atoms with van der Waals surface area (Å²) in [5.41, 5.74) is 0.591. The van der Waals surface area contributed by atoms with Crippen LogP contribution in [0.25, 0.3) is 16.6 Å². The van der Waals surface area contributed by atoms with E-state index in [0.29, 0.717) is 5.69 Å². The Labute approximate surface area is 216 Å². The summed E-state index contributed by atoms with van der Waals surface area (Å²) in [6.45, 7) is -0.996. The number of aromatic nitrogens is 5. The Morgan fingerprint density at radius 3 is 2.62 bits per heavy atom. The van der Waals surface area contributed by atoms with Gasteiger partial charge in [0, 0.05) is 24.5 Å². The number of hydrogen-bond acceptors (Lipinski definition) is 8. The number of likely N-dealkylation sites (tertiary alicyclic amines) is 1. The van der Waals surface area contributed by atoms with E-state index in [-0.39, 0.29) is 23.1 Å². The van der Waals surface area contributed by atoms with Crippen molar-refractivity contribution in [2.75, 3.05) is 13.1 Å². The Hall–Kier alpha value is -4.69. The van der Waals surface area contributed by atoms with Crippen LogP contribution < -0.4 is 9.47 Å². The van der Waals surface area contributed by atoms with Crippen LogP contribution in [0.1, 0.15) is 16.9 Å². The number of piperidine rings is 1. The maximum atomic E-state index is 14.9. The summed E-state index contributed by atoms with van der Waals surface area (Å²) < 4.78 is 79.6. The fourth-order valence-electron chi connectivity index (χ4n) is 3.89. The molecule has 1 atom stereocenters. The molecule has 5 rings (SSSR count). The van der Waals surface area contributed by atoms with Gasteiger partial charge in [0.15, 0.2) is 11.9 Å². The zero-order chi connectivity index (χ0) is 27.8. The number of hydrogen-bond donors (Lipinski definition) is 0. The van der Waals surface area contributed by atoms with Gasteiger partial charge in [-0.15, -0.1) is 5.10 Å². The number of benzene rings is 1. The lowest BCUT2D eigenvalue weighted by Gasteiger charge is -2.37. The van der Waals surface area contributed by atoms with Gasteiger partial charge in [-0.05, 0) is 24.3 Å². The van der Waals surface area contributed by atoms with E-state index in [0.717, 1.165) is 11.0 Å². The van der Waals surface area contributed by atoms with Crippen LogP contribution in [-0.2, 0) is 4.79 Å². The molecule has 0 unspecified atom stereocenters. The predicted molar refractivity (Wildman–Crippen MR) is 122 cm³/mol. The molecule has 0 bridgehead atoms. The average Bonchev–Trinajstić information content (AvgIpc) is 3.44. The number of ether oxygens (including phenoxy) is 2. The molecule has 202 valence electrons. The Bertz CT molecular complexity index is 1530.